The van der Waals surface area contributed by atoms with E-state index in [1.807, 2.05) is 36.4 Å². The lowest BCUT2D eigenvalue weighted by molar-refractivity contribution is 0.384. The van der Waals surface area contributed by atoms with Gasteiger partial charge in [-0.1, -0.05) is 48.5 Å². The average molecular weight is 438 g/mol. The fourth-order valence-electron chi connectivity index (χ4n) is 3.64. The minimum atomic E-state index is -3.48. The summed E-state index contributed by atoms with van der Waals surface area (Å²) in [5.74, 6) is 0.816. The summed E-state index contributed by atoms with van der Waals surface area (Å²) in [6.07, 6.45) is 1.56. The zero-order chi connectivity index (χ0) is 20.6. The largest absolute Gasteiger partial charge is 0.353 e. The zero-order valence-electron chi connectivity index (χ0n) is 16.0. The molecule has 4 aromatic rings. The van der Waals surface area contributed by atoms with Crippen molar-refractivity contribution in [1.29, 1.82) is 0 Å². The third kappa shape index (κ3) is 3.34. The fraction of sp³-hybridized carbons (Fsp3) is 0.190. The number of anilines is 1. The van der Waals surface area contributed by atoms with Gasteiger partial charge in [0.05, 0.1) is 4.90 Å². The molecule has 152 valence electrons. The number of hydrogen-bond acceptors (Lipinski definition) is 7. The van der Waals surface area contributed by atoms with Crippen molar-refractivity contribution in [3.63, 3.8) is 0 Å². The molecule has 0 radical (unpaired) electrons. The van der Waals surface area contributed by atoms with Gasteiger partial charge in [0, 0.05) is 31.7 Å². The molecule has 30 heavy (non-hydrogen) atoms. The third-order valence-electron chi connectivity index (χ3n) is 5.20. The number of hydrogen-bond donors (Lipinski definition) is 0. The van der Waals surface area contributed by atoms with Crippen LogP contribution in [0, 0.1) is 0 Å². The summed E-state index contributed by atoms with van der Waals surface area (Å²) in [7, 11) is -3.48. The van der Waals surface area contributed by atoms with Gasteiger partial charge in [-0.15, -0.1) is 0 Å². The molecule has 0 bridgehead atoms. The van der Waals surface area contributed by atoms with Gasteiger partial charge in [-0.25, -0.2) is 18.4 Å². The Morgan fingerprint density at radius 3 is 2.20 bits per heavy atom. The van der Waals surface area contributed by atoms with Crippen LogP contribution < -0.4 is 4.90 Å². The maximum absolute atomic E-state index is 12.9. The van der Waals surface area contributed by atoms with Gasteiger partial charge in [-0.2, -0.15) is 8.68 Å². The van der Waals surface area contributed by atoms with Crippen molar-refractivity contribution in [2.75, 3.05) is 31.1 Å². The first kappa shape index (κ1) is 19.1. The van der Waals surface area contributed by atoms with Crippen molar-refractivity contribution in [3.05, 3.63) is 67.0 Å². The van der Waals surface area contributed by atoms with Crippen LogP contribution in [0.5, 0.6) is 0 Å². The molecule has 0 saturated carbocycles. The Labute approximate surface area is 178 Å². The molecule has 0 spiro atoms. The van der Waals surface area contributed by atoms with Crippen LogP contribution in [0.15, 0.2) is 71.9 Å². The normalized spacial score (nSPS) is 15.5. The van der Waals surface area contributed by atoms with Gasteiger partial charge in [-0.3, -0.25) is 0 Å². The Kier molecular flexibility index (Phi) is 4.93. The molecule has 5 rings (SSSR count). The quantitative estimate of drug-likeness (QED) is 0.488. The van der Waals surface area contributed by atoms with Crippen LogP contribution in [0.2, 0.25) is 0 Å². The Balaban J connectivity index is 1.40. The number of nitrogens with zero attached hydrogens (tertiary/aromatic N) is 5. The molecule has 0 N–H and O–H groups in total. The first-order chi connectivity index (χ1) is 14.6. The van der Waals surface area contributed by atoms with Crippen molar-refractivity contribution in [1.82, 2.24) is 18.6 Å². The van der Waals surface area contributed by atoms with E-state index in [9.17, 15) is 8.42 Å². The van der Waals surface area contributed by atoms with Crippen molar-refractivity contribution in [2.24, 2.45) is 0 Å². The first-order valence-electron chi connectivity index (χ1n) is 9.60. The Bertz CT molecular complexity index is 1270. The molecule has 1 aliphatic heterocycles. The molecule has 3 heterocycles. The minimum absolute atomic E-state index is 0.331. The van der Waals surface area contributed by atoms with Crippen LogP contribution in [0.25, 0.3) is 21.5 Å². The van der Waals surface area contributed by atoms with E-state index in [0.717, 1.165) is 27.3 Å². The highest BCUT2D eigenvalue weighted by molar-refractivity contribution is 7.89. The predicted octanol–water partition coefficient (Wildman–Crippen LogP) is 3.26. The molecule has 2 aromatic heterocycles. The summed E-state index contributed by atoms with van der Waals surface area (Å²) in [5.41, 5.74) is 2.70. The fourth-order valence-corrected chi connectivity index (χ4v) is 5.96. The molecule has 1 saturated heterocycles. The van der Waals surface area contributed by atoms with E-state index in [4.69, 9.17) is 0 Å². The van der Waals surface area contributed by atoms with E-state index in [-0.39, 0.29) is 0 Å². The van der Waals surface area contributed by atoms with E-state index in [0.29, 0.717) is 31.1 Å². The van der Waals surface area contributed by atoms with E-state index in [1.54, 1.807) is 34.9 Å². The lowest BCUT2D eigenvalue weighted by Gasteiger charge is -2.34. The second-order valence-electron chi connectivity index (χ2n) is 6.98. The summed E-state index contributed by atoms with van der Waals surface area (Å²) in [5, 5.41) is 0. The van der Waals surface area contributed by atoms with E-state index in [1.165, 1.54) is 11.5 Å². The number of piperazine rings is 1. The molecule has 0 amide bonds. The Morgan fingerprint density at radius 2 is 1.50 bits per heavy atom. The van der Waals surface area contributed by atoms with Gasteiger partial charge >= 0.3 is 0 Å². The number of rotatable bonds is 4. The summed E-state index contributed by atoms with van der Waals surface area (Å²) < 4.78 is 32.8. The summed E-state index contributed by atoms with van der Waals surface area (Å²) >= 11 is 1.38. The highest BCUT2D eigenvalue weighted by Crippen LogP contribution is 2.34. The van der Waals surface area contributed by atoms with Crippen molar-refractivity contribution < 1.29 is 8.42 Å². The lowest BCUT2D eigenvalue weighted by Crippen LogP contribution is -2.48. The first-order valence-corrected chi connectivity index (χ1v) is 11.8. The van der Waals surface area contributed by atoms with E-state index in [2.05, 4.69) is 19.2 Å². The maximum atomic E-state index is 12.9. The second-order valence-corrected chi connectivity index (χ2v) is 9.69. The van der Waals surface area contributed by atoms with Crippen LogP contribution in [0.3, 0.4) is 0 Å². The molecular formula is C21H19N5O2S2. The number of aromatic nitrogens is 3. The van der Waals surface area contributed by atoms with Crippen molar-refractivity contribution in [2.45, 2.75) is 4.90 Å². The van der Waals surface area contributed by atoms with Crippen LogP contribution in [0.4, 0.5) is 5.82 Å². The van der Waals surface area contributed by atoms with Gasteiger partial charge in [0.1, 0.15) is 22.2 Å². The summed E-state index contributed by atoms with van der Waals surface area (Å²) in [6.45, 7) is 1.95. The molecule has 1 fully saturated rings. The molecule has 0 unspecified atom stereocenters. The van der Waals surface area contributed by atoms with Gasteiger partial charge in [0.15, 0.2) is 5.82 Å². The number of fused-ring (bicyclic) bond motifs is 1. The standard InChI is InChI=1S/C21H19N5O2S2/c27-30(28,17-9-5-2-6-10-17)26-13-11-25(12-14-26)21-20-19(22-15-23-21)18(24-29-20)16-7-3-1-4-8-16/h1-10,15H,11-14H2. The number of sulfonamides is 1. The highest BCUT2D eigenvalue weighted by Gasteiger charge is 2.30. The molecule has 7 nitrogen and oxygen atoms in total. The smallest absolute Gasteiger partial charge is 0.243 e. The monoisotopic (exact) mass is 437 g/mol. The summed E-state index contributed by atoms with van der Waals surface area (Å²) in [6, 6.07) is 18.6. The predicted molar refractivity (Wildman–Crippen MR) is 118 cm³/mol. The van der Waals surface area contributed by atoms with Gasteiger partial charge in [-0.05, 0) is 23.7 Å². The second kappa shape index (κ2) is 7.75. The Hall–Kier alpha value is -2.88. The van der Waals surface area contributed by atoms with E-state index >= 15 is 0 Å². The van der Waals surface area contributed by atoms with Crippen LogP contribution >= 0.6 is 11.5 Å². The molecule has 9 heteroatoms. The lowest BCUT2D eigenvalue weighted by atomic mass is 10.1. The SMILES string of the molecule is O=S(=O)(c1ccccc1)N1CCN(c2ncnc3c(-c4ccccc4)nsc23)CC1. The van der Waals surface area contributed by atoms with Crippen LogP contribution in [-0.4, -0.2) is 53.2 Å². The van der Waals surface area contributed by atoms with Crippen molar-refractivity contribution >= 4 is 37.6 Å². The van der Waals surface area contributed by atoms with Crippen LogP contribution in [0.1, 0.15) is 0 Å². The Morgan fingerprint density at radius 1 is 0.833 bits per heavy atom. The molecule has 1 aliphatic rings. The average Bonchev–Trinajstić information content (AvgIpc) is 3.25. The van der Waals surface area contributed by atoms with Crippen molar-refractivity contribution in [3.8, 4) is 11.3 Å². The number of benzene rings is 2. The van der Waals surface area contributed by atoms with Gasteiger partial charge in [0.25, 0.3) is 0 Å². The topological polar surface area (TPSA) is 79.3 Å². The highest BCUT2D eigenvalue weighted by atomic mass is 32.2. The molecule has 2 aromatic carbocycles. The zero-order valence-corrected chi connectivity index (χ0v) is 17.7. The third-order valence-corrected chi connectivity index (χ3v) is 7.95. The van der Waals surface area contributed by atoms with Gasteiger partial charge < -0.3 is 4.90 Å². The van der Waals surface area contributed by atoms with Crippen LogP contribution in [-0.2, 0) is 10.0 Å². The summed E-state index contributed by atoms with van der Waals surface area (Å²) in [4.78, 5) is 11.4. The molecule has 0 aliphatic carbocycles. The van der Waals surface area contributed by atoms with E-state index < -0.39 is 10.0 Å². The maximum Gasteiger partial charge on any atom is 0.243 e. The van der Waals surface area contributed by atoms with Gasteiger partial charge in [0.2, 0.25) is 10.0 Å². The minimum Gasteiger partial charge on any atom is -0.353 e. The molecular weight excluding hydrogens is 418 g/mol. The molecule has 0 atom stereocenters.